The van der Waals surface area contributed by atoms with Gasteiger partial charge in [-0.15, -0.1) is 0 Å². The van der Waals surface area contributed by atoms with Gasteiger partial charge in [0.15, 0.2) is 0 Å². The van der Waals surface area contributed by atoms with Crippen LogP contribution < -0.4 is 15.8 Å². The van der Waals surface area contributed by atoms with Crippen molar-refractivity contribution >= 4 is 11.5 Å². The summed E-state index contributed by atoms with van der Waals surface area (Å²) in [4.78, 5) is 4.32. The normalized spacial score (nSPS) is 10.3. The monoisotopic (exact) mass is 247 g/mol. The van der Waals surface area contributed by atoms with Crippen LogP contribution in [0.4, 0.5) is 11.5 Å². The molecule has 0 aliphatic rings. The summed E-state index contributed by atoms with van der Waals surface area (Å²) < 4.78 is 5.47. The zero-order chi connectivity index (χ0) is 12.8. The van der Waals surface area contributed by atoms with Crippen molar-refractivity contribution in [1.82, 2.24) is 15.2 Å². The van der Waals surface area contributed by atoms with E-state index in [0.717, 1.165) is 17.8 Å². The number of hydrogen-bond donors (Lipinski definition) is 3. The summed E-state index contributed by atoms with van der Waals surface area (Å²) in [7, 11) is 0. The summed E-state index contributed by atoms with van der Waals surface area (Å²) in [6.07, 6.45) is 4.52. The highest BCUT2D eigenvalue weighted by molar-refractivity contribution is 5.53. The minimum absolute atomic E-state index is 0.481. The van der Waals surface area contributed by atoms with Gasteiger partial charge in [-0.05, 0) is 18.6 Å². The summed E-state index contributed by atoms with van der Waals surface area (Å²) in [5, 5.41) is 9.82. The summed E-state index contributed by atoms with van der Waals surface area (Å²) in [6, 6.07) is 3.61. The number of hydrogen-bond acceptors (Lipinski definition) is 5. The first-order chi connectivity index (χ1) is 8.79. The van der Waals surface area contributed by atoms with E-state index < -0.39 is 0 Å². The zero-order valence-electron chi connectivity index (χ0n) is 10.3. The lowest BCUT2D eigenvalue weighted by Crippen LogP contribution is -2.05. The second kappa shape index (κ2) is 5.90. The topological polar surface area (TPSA) is 88.8 Å². The maximum atomic E-state index is 5.79. The molecule has 0 bridgehead atoms. The molecule has 0 unspecified atom stereocenters. The Bertz CT molecular complexity index is 483. The Morgan fingerprint density at radius 3 is 3.06 bits per heavy atom. The van der Waals surface area contributed by atoms with E-state index in [0.29, 0.717) is 24.7 Å². The van der Waals surface area contributed by atoms with Gasteiger partial charge >= 0.3 is 0 Å². The molecule has 2 aromatic rings. The zero-order valence-corrected chi connectivity index (χ0v) is 10.3. The van der Waals surface area contributed by atoms with Crippen molar-refractivity contribution in [2.45, 2.75) is 19.9 Å². The number of ether oxygens (including phenoxy) is 1. The van der Waals surface area contributed by atoms with E-state index in [9.17, 15) is 0 Å². The highest BCUT2D eigenvalue weighted by Crippen LogP contribution is 2.21. The van der Waals surface area contributed by atoms with Crippen molar-refractivity contribution in [3.63, 3.8) is 0 Å². The van der Waals surface area contributed by atoms with Gasteiger partial charge in [0, 0.05) is 18.3 Å². The largest absolute Gasteiger partial charge is 0.476 e. The van der Waals surface area contributed by atoms with E-state index in [4.69, 9.17) is 10.5 Å². The lowest BCUT2D eigenvalue weighted by Gasteiger charge is -2.09. The Balaban J connectivity index is 2.00. The number of nitrogen functional groups attached to an aromatic ring is 1. The van der Waals surface area contributed by atoms with Crippen LogP contribution in [0.2, 0.25) is 0 Å². The molecule has 6 nitrogen and oxygen atoms in total. The quantitative estimate of drug-likeness (QED) is 0.724. The molecule has 2 heterocycles. The van der Waals surface area contributed by atoms with Crippen molar-refractivity contribution in [2.75, 3.05) is 17.7 Å². The second-order valence-corrected chi connectivity index (χ2v) is 3.90. The van der Waals surface area contributed by atoms with Crippen LogP contribution in [-0.2, 0) is 6.54 Å². The van der Waals surface area contributed by atoms with Crippen LogP contribution in [0.25, 0.3) is 0 Å². The van der Waals surface area contributed by atoms with Gasteiger partial charge in [0.25, 0.3) is 0 Å². The molecule has 0 saturated heterocycles. The first kappa shape index (κ1) is 12.2. The van der Waals surface area contributed by atoms with Crippen LogP contribution in [0, 0.1) is 0 Å². The average Bonchev–Trinajstić information content (AvgIpc) is 2.89. The third-order valence-electron chi connectivity index (χ3n) is 2.36. The van der Waals surface area contributed by atoms with Crippen LogP contribution >= 0.6 is 0 Å². The van der Waals surface area contributed by atoms with E-state index in [1.54, 1.807) is 12.3 Å². The number of nitrogens with two attached hydrogens (primary N) is 1. The molecule has 96 valence electrons. The molecule has 2 aromatic heterocycles. The SMILES string of the molecule is CCCOc1nc(NCc2cn[nH]c2)ccc1N. The Kier molecular flexibility index (Phi) is 4.01. The molecule has 0 aromatic carbocycles. The van der Waals surface area contributed by atoms with Crippen molar-refractivity contribution in [2.24, 2.45) is 0 Å². The molecule has 0 atom stereocenters. The molecule has 0 aliphatic heterocycles. The molecule has 0 aliphatic carbocycles. The fourth-order valence-electron chi connectivity index (χ4n) is 1.43. The number of nitrogens with zero attached hydrogens (tertiary/aromatic N) is 2. The van der Waals surface area contributed by atoms with E-state index in [1.807, 2.05) is 19.2 Å². The Morgan fingerprint density at radius 2 is 2.33 bits per heavy atom. The molecule has 2 rings (SSSR count). The maximum Gasteiger partial charge on any atom is 0.239 e. The maximum absolute atomic E-state index is 5.79. The lowest BCUT2D eigenvalue weighted by molar-refractivity contribution is 0.307. The molecule has 0 saturated carbocycles. The molecular weight excluding hydrogens is 230 g/mol. The lowest BCUT2D eigenvalue weighted by atomic mass is 10.3. The molecule has 0 amide bonds. The van der Waals surface area contributed by atoms with E-state index in [1.165, 1.54) is 0 Å². The van der Waals surface area contributed by atoms with Gasteiger partial charge < -0.3 is 15.8 Å². The number of H-pyrrole nitrogens is 1. The number of anilines is 2. The van der Waals surface area contributed by atoms with E-state index >= 15 is 0 Å². The Labute approximate surface area is 106 Å². The summed E-state index contributed by atoms with van der Waals surface area (Å²) in [6.45, 7) is 3.31. The number of rotatable bonds is 6. The predicted molar refractivity (Wildman–Crippen MR) is 70.3 cm³/mol. The van der Waals surface area contributed by atoms with Crippen molar-refractivity contribution in [3.05, 3.63) is 30.1 Å². The highest BCUT2D eigenvalue weighted by Gasteiger charge is 2.04. The first-order valence-corrected chi connectivity index (χ1v) is 5.90. The third-order valence-corrected chi connectivity index (χ3v) is 2.36. The van der Waals surface area contributed by atoms with Crippen molar-refractivity contribution in [3.8, 4) is 5.88 Å². The molecule has 18 heavy (non-hydrogen) atoms. The van der Waals surface area contributed by atoms with Gasteiger partial charge in [0.1, 0.15) is 5.82 Å². The van der Waals surface area contributed by atoms with E-state index in [-0.39, 0.29) is 0 Å². The average molecular weight is 247 g/mol. The Morgan fingerprint density at radius 1 is 1.44 bits per heavy atom. The first-order valence-electron chi connectivity index (χ1n) is 5.90. The standard InChI is InChI=1S/C12H17N5O/c1-2-5-18-12-10(13)3-4-11(17-12)14-6-9-7-15-16-8-9/h3-4,7-8H,2,5-6,13H2,1H3,(H,14,17)(H,15,16). The van der Waals surface area contributed by atoms with Crippen LogP contribution in [0.5, 0.6) is 5.88 Å². The van der Waals surface area contributed by atoms with Crippen LogP contribution in [-0.4, -0.2) is 21.8 Å². The van der Waals surface area contributed by atoms with Crippen LogP contribution in [0.3, 0.4) is 0 Å². The van der Waals surface area contributed by atoms with Crippen molar-refractivity contribution in [1.29, 1.82) is 0 Å². The Hall–Kier alpha value is -2.24. The number of aromatic nitrogens is 3. The number of nitrogens with one attached hydrogen (secondary N) is 2. The summed E-state index contributed by atoms with van der Waals surface area (Å²) in [5.41, 5.74) is 7.40. The number of pyridine rings is 1. The van der Waals surface area contributed by atoms with Gasteiger partial charge in [0.05, 0.1) is 18.5 Å². The minimum atomic E-state index is 0.481. The second-order valence-electron chi connectivity index (χ2n) is 3.90. The smallest absolute Gasteiger partial charge is 0.239 e. The van der Waals surface area contributed by atoms with Crippen molar-refractivity contribution < 1.29 is 4.74 Å². The van der Waals surface area contributed by atoms with Crippen LogP contribution in [0.1, 0.15) is 18.9 Å². The fraction of sp³-hybridized carbons (Fsp3) is 0.333. The molecule has 0 fully saturated rings. The molecule has 0 radical (unpaired) electrons. The van der Waals surface area contributed by atoms with Gasteiger partial charge in [0.2, 0.25) is 5.88 Å². The van der Waals surface area contributed by atoms with Gasteiger partial charge in [-0.1, -0.05) is 6.92 Å². The van der Waals surface area contributed by atoms with Gasteiger partial charge in [-0.25, -0.2) is 0 Å². The fourth-order valence-corrected chi connectivity index (χ4v) is 1.43. The number of aromatic amines is 1. The van der Waals surface area contributed by atoms with Gasteiger partial charge in [-0.3, -0.25) is 5.10 Å². The minimum Gasteiger partial charge on any atom is -0.476 e. The van der Waals surface area contributed by atoms with E-state index in [2.05, 4.69) is 20.5 Å². The molecule has 6 heteroatoms. The summed E-state index contributed by atoms with van der Waals surface area (Å²) >= 11 is 0. The summed E-state index contributed by atoms with van der Waals surface area (Å²) in [5.74, 6) is 1.21. The van der Waals surface area contributed by atoms with Crippen LogP contribution in [0.15, 0.2) is 24.5 Å². The third kappa shape index (κ3) is 3.13. The molecule has 0 spiro atoms. The predicted octanol–water partition coefficient (Wildman–Crippen LogP) is 1.79. The molecule has 4 N–H and O–H groups in total. The molecular formula is C12H17N5O. The van der Waals surface area contributed by atoms with Gasteiger partial charge in [-0.2, -0.15) is 10.1 Å². The highest BCUT2D eigenvalue weighted by atomic mass is 16.5.